The molecule has 0 heterocycles. The first-order chi connectivity index (χ1) is 11.1. The molecule has 0 aromatic heterocycles. The van der Waals surface area contributed by atoms with E-state index >= 15 is 0 Å². The summed E-state index contributed by atoms with van der Waals surface area (Å²) in [5, 5.41) is -7.51. The Balaban J connectivity index is 0. The topological polar surface area (TPSA) is 57.2 Å². The van der Waals surface area contributed by atoms with E-state index in [0.717, 1.165) is 6.92 Å². The molecule has 0 saturated heterocycles. The van der Waals surface area contributed by atoms with Gasteiger partial charge in [0.2, 0.25) is 0 Å². The van der Waals surface area contributed by atoms with Crippen molar-refractivity contribution in [1.82, 2.24) is 0 Å². The van der Waals surface area contributed by atoms with E-state index < -0.39 is 57.8 Å². The number of unbranched alkanes of at least 4 members (excludes halogenated alkanes) is 1. The first kappa shape index (κ1) is 29.9. The standard InChI is InChI=1S/C10H10F12O3S.K/c1-2-3-4-5(11,12)6(13,14)7(15,16)8(17,18)9(19,20)10(21,22)26(23,24)25;/h2-4H2,1H3,(H,23,24,25);/q;+1/p-1. The molecule has 0 saturated carbocycles. The van der Waals surface area contributed by atoms with Crippen molar-refractivity contribution in [1.29, 1.82) is 0 Å². The Morgan fingerprint density at radius 3 is 1.33 bits per heavy atom. The second-order valence-corrected chi connectivity index (χ2v) is 6.50. The van der Waals surface area contributed by atoms with Gasteiger partial charge in [0.25, 0.3) is 0 Å². The van der Waals surface area contributed by atoms with E-state index in [0.29, 0.717) is 0 Å². The number of hydrogen-bond donors (Lipinski definition) is 0. The molecule has 0 aromatic rings. The minimum absolute atomic E-state index is 0. The molecule has 17 heteroatoms. The van der Waals surface area contributed by atoms with Crippen LogP contribution in [0.5, 0.6) is 0 Å². The van der Waals surface area contributed by atoms with E-state index in [1.54, 1.807) is 0 Å². The quantitative estimate of drug-likeness (QED) is 0.288. The van der Waals surface area contributed by atoms with Crippen molar-refractivity contribution in [3.63, 3.8) is 0 Å². The predicted octanol–water partition coefficient (Wildman–Crippen LogP) is 1.50. The Kier molecular flexibility index (Phi) is 9.36. The average molecular weight is 476 g/mol. The molecule has 0 unspecified atom stereocenters. The van der Waals surface area contributed by atoms with Gasteiger partial charge in [-0.3, -0.25) is 0 Å². The zero-order valence-electron chi connectivity index (χ0n) is 13.3. The molecular formula is C10H9F12KO3S. The summed E-state index contributed by atoms with van der Waals surface area (Å²) < 4.78 is 187. The van der Waals surface area contributed by atoms with E-state index in [1.807, 2.05) is 0 Å². The SMILES string of the molecule is CCCCC(F)(F)C(F)(F)C(F)(F)C(F)(F)C(F)(F)C(F)(F)S(=O)(=O)[O-].[K+]. The van der Waals surface area contributed by atoms with Crippen LogP contribution in [0.2, 0.25) is 0 Å². The maximum absolute atomic E-state index is 13.2. The van der Waals surface area contributed by atoms with E-state index in [2.05, 4.69) is 0 Å². The van der Waals surface area contributed by atoms with Crippen LogP contribution in [0, 0.1) is 0 Å². The summed E-state index contributed by atoms with van der Waals surface area (Å²) in [6.45, 7) is 1.08. The van der Waals surface area contributed by atoms with Crippen molar-refractivity contribution in [3.05, 3.63) is 0 Å². The largest absolute Gasteiger partial charge is 1.00 e. The Hall–Kier alpha value is 0.706. The minimum Gasteiger partial charge on any atom is -0.743 e. The van der Waals surface area contributed by atoms with Gasteiger partial charge in [0.1, 0.15) is 0 Å². The van der Waals surface area contributed by atoms with Gasteiger partial charge in [-0.25, -0.2) is 8.42 Å². The smallest absolute Gasteiger partial charge is 0.743 e. The van der Waals surface area contributed by atoms with Gasteiger partial charge in [-0.2, -0.15) is 52.7 Å². The maximum Gasteiger partial charge on any atom is 1.00 e. The third-order valence-corrected chi connectivity index (χ3v) is 4.05. The molecule has 3 nitrogen and oxygen atoms in total. The molecule has 0 aromatic carbocycles. The summed E-state index contributed by atoms with van der Waals surface area (Å²) in [7, 11) is -7.78. The number of hydrogen-bond acceptors (Lipinski definition) is 3. The molecule has 27 heavy (non-hydrogen) atoms. The Morgan fingerprint density at radius 1 is 0.704 bits per heavy atom. The van der Waals surface area contributed by atoms with Crippen LogP contribution in [0.3, 0.4) is 0 Å². The van der Waals surface area contributed by atoms with Crippen LogP contribution in [0.15, 0.2) is 0 Å². The van der Waals surface area contributed by atoms with Crippen LogP contribution in [0.1, 0.15) is 26.2 Å². The first-order valence-electron chi connectivity index (χ1n) is 6.28. The Morgan fingerprint density at radius 2 is 1.04 bits per heavy atom. The molecule has 0 fully saturated rings. The van der Waals surface area contributed by atoms with Gasteiger partial charge in [0.05, 0.1) is 0 Å². The second kappa shape index (κ2) is 8.45. The molecule has 0 N–H and O–H groups in total. The molecule has 0 bridgehead atoms. The maximum atomic E-state index is 13.2. The fraction of sp³-hybridized carbons (Fsp3) is 1.00. The molecule has 158 valence electrons. The van der Waals surface area contributed by atoms with Crippen LogP contribution in [0.25, 0.3) is 0 Å². The van der Waals surface area contributed by atoms with Gasteiger partial charge in [-0.15, -0.1) is 0 Å². The summed E-state index contributed by atoms with van der Waals surface area (Å²) in [6, 6.07) is 0. The minimum atomic E-state index is -8.06. The van der Waals surface area contributed by atoms with Crippen LogP contribution in [-0.4, -0.2) is 47.8 Å². The van der Waals surface area contributed by atoms with E-state index in [4.69, 9.17) is 0 Å². The van der Waals surface area contributed by atoms with Crippen LogP contribution in [-0.2, 0) is 10.1 Å². The van der Waals surface area contributed by atoms with E-state index in [-0.39, 0.29) is 57.8 Å². The molecular weight excluding hydrogens is 467 g/mol. The average Bonchev–Trinajstić information content (AvgIpc) is 2.42. The van der Waals surface area contributed by atoms with Crippen molar-refractivity contribution < 1.29 is 117 Å². The molecule has 0 aliphatic heterocycles. The van der Waals surface area contributed by atoms with Crippen LogP contribution < -0.4 is 51.4 Å². The van der Waals surface area contributed by atoms with Gasteiger partial charge in [0.15, 0.2) is 10.1 Å². The zero-order valence-corrected chi connectivity index (χ0v) is 17.2. The first-order valence-corrected chi connectivity index (χ1v) is 7.69. The molecule has 0 aliphatic rings. The molecule has 0 spiro atoms. The zero-order chi connectivity index (χ0) is 21.6. The third kappa shape index (κ3) is 4.57. The van der Waals surface area contributed by atoms with Crippen molar-refractivity contribution >= 4 is 10.1 Å². The fourth-order valence-corrected chi connectivity index (χ4v) is 1.96. The van der Waals surface area contributed by atoms with Crippen molar-refractivity contribution in [3.8, 4) is 0 Å². The van der Waals surface area contributed by atoms with Crippen LogP contribution >= 0.6 is 0 Å². The number of rotatable bonds is 9. The molecule has 0 amide bonds. The van der Waals surface area contributed by atoms with Crippen molar-refractivity contribution in [2.75, 3.05) is 0 Å². The Labute approximate surface area is 187 Å². The van der Waals surface area contributed by atoms with Crippen LogP contribution in [0.4, 0.5) is 52.7 Å². The number of alkyl halides is 12. The second-order valence-electron chi connectivity index (χ2n) is 5.08. The summed E-state index contributed by atoms with van der Waals surface area (Å²) in [4.78, 5) is 0. The monoisotopic (exact) mass is 476 g/mol. The molecule has 0 atom stereocenters. The van der Waals surface area contributed by atoms with Gasteiger partial charge < -0.3 is 4.55 Å². The number of halogens is 12. The summed E-state index contributed by atoms with van der Waals surface area (Å²) >= 11 is 0. The summed E-state index contributed by atoms with van der Waals surface area (Å²) in [5.41, 5.74) is 0. The van der Waals surface area contributed by atoms with Gasteiger partial charge in [-0.1, -0.05) is 13.3 Å². The molecule has 0 aliphatic carbocycles. The summed E-state index contributed by atoms with van der Waals surface area (Å²) in [6.07, 6.45) is -3.52. The summed E-state index contributed by atoms with van der Waals surface area (Å²) in [5.74, 6) is -37.2. The van der Waals surface area contributed by atoms with Crippen molar-refractivity contribution in [2.45, 2.75) is 61.1 Å². The van der Waals surface area contributed by atoms with E-state index in [9.17, 15) is 65.7 Å². The van der Waals surface area contributed by atoms with Gasteiger partial charge in [-0.05, 0) is 6.42 Å². The normalized spacial score (nSPS) is 15.5. The molecule has 0 radical (unpaired) electrons. The van der Waals surface area contributed by atoms with Crippen molar-refractivity contribution in [2.24, 2.45) is 0 Å². The van der Waals surface area contributed by atoms with Gasteiger partial charge >= 0.3 is 86.3 Å². The Bertz CT molecular complexity index is 619. The van der Waals surface area contributed by atoms with E-state index in [1.165, 1.54) is 0 Å². The fourth-order valence-electron chi connectivity index (χ4n) is 1.52. The third-order valence-electron chi connectivity index (χ3n) is 3.17. The van der Waals surface area contributed by atoms with Gasteiger partial charge in [0, 0.05) is 6.42 Å². The predicted molar refractivity (Wildman–Crippen MR) is 58.9 cm³/mol. The molecule has 0 rings (SSSR count).